The summed E-state index contributed by atoms with van der Waals surface area (Å²) in [6.45, 7) is 20.9. The molecule has 0 aromatic carbocycles. The van der Waals surface area contributed by atoms with E-state index in [0.717, 1.165) is 58.4 Å². The van der Waals surface area contributed by atoms with E-state index in [0.29, 0.717) is 5.92 Å². The Bertz CT molecular complexity index is 493. The number of ether oxygens (including phenoxy) is 2. The van der Waals surface area contributed by atoms with Crippen LogP contribution in [-0.2, 0) is 9.47 Å². The van der Waals surface area contributed by atoms with Crippen molar-refractivity contribution in [3.8, 4) is 0 Å². The molecule has 0 aromatic rings. The number of morpholine rings is 2. The molecule has 172 valence electrons. The van der Waals surface area contributed by atoms with Gasteiger partial charge in [0.2, 0.25) is 0 Å². The summed E-state index contributed by atoms with van der Waals surface area (Å²) >= 11 is 0. The Balaban J connectivity index is 0.00000420. The molecule has 3 atom stereocenters. The molecule has 0 spiro atoms. The number of nitrogens with zero attached hydrogens (tertiary/aromatic N) is 3. The summed E-state index contributed by atoms with van der Waals surface area (Å²) in [6, 6.07) is 0. The number of hydrogen-bond acceptors (Lipinski definition) is 5. The third-order valence-corrected chi connectivity index (χ3v) is 5.53. The van der Waals surface area contributed by atoms with E-state index in [1.165, 1.54) is 0 Å². The molecule has 0 aliphatic carbocycles. The van der Waals surface area contributed by atoms with E-state index in [4.69, 9.17) is 9.47 Å². The highest BCUT2D eigenvalue weighted by Gasteiger charge is 2.33. The molecule has 2 N–H and O–H groups in total. The van der Waals surface area contributed by atoms with Crippen LogP contribution < -0.4 is 10.6 Å². The Hall–Kier alpha value is -0.160. The molecule has 29 heavy (non-hydrogen) atoms. The van der Waals surface area contributed by atoms with Gasteiger partial charge in [0.1, 0.15) is 0 Å². The second kappa shape index (κ2) is 12.6. The van der Waals surface area contributed by atoms with Crippen molar-refractivity contribution in [2.75, 3.05) is 59.5 Å². The monoisotopic (exact) mass is 525 g/mol. The van der Waals surface area contributed by atoms with Gasteiger partial charge >= 0.3 is 0 Å². The number of halogens is 1. The van der Waals surface area contributed by atoms with Crippen LogP contribution in [0.25, 0.3) is 0 Å². The highest BCUT2D eigenvalue weighted by atomic mass is 127. The average Bonchev–Trinajstić information content (AvgIpc) is 2.61. The summed E-state index contributed by atoms with van der Waals surface area (Å²) in [7, 11) is 1.83. The fourth-order valence-corrected chi connectivity index (χ4v) is 4.10. The van der Waals surface area contributed by atoms with Crippen LogP contribution in [0.4, 0.5) is 0 Å². The fraction of sp³-hybridized carbons (Fsp3) is 0.952. The highest BCUT2D eigenvalue weighted by molar-refractivity contribution is 14.0. The Kier molecular flexibility index (Phi) is 11.7. The van der Waals surface area contributed by atoms with Crippen molar-refractivity contribution in [3.63, 3.8) is 0 Å². The van der Waals surface area contributed by atoms with Gasteiger partial charge < -0.3 is 20.1 Å². The molecule has 2 heterocycles. The Morgan fingerprint density at radius 1 is 1.14 bits per heavy atom. The Morgan fingerprint density at radius 2 is 1.79 bits per heavy atom. The molecular weight excluding hydrogens is 481 g/mol. The van der Waals surface area contributed by atoms with Crippen LogP contribution >= 0.6 is 24.0 Å². The van der Waals surface area contributed by atoms with Gasteiger partial charge in [-0.05, 0) is 33.6 Å². The van der Waals surface area contributed by atoms with Gasteiger partial charge in [-0.1, -0.05) is 13.8 Å². The summed E-state index contributed by atoms with van der Waals surface area (Å²) < 4.78 is 11.8. The van der Waals surface area contributed by atoms with Gasteiger partial charge in [-0.15, -0.1) is 24.0 Å². The Labute approximate surface area is 195 Å². The maximum atomic E-state index is 5.94. The predicted octanol–water partition coefficient (Wildman–Crippen LogP) is 2.01. The van der Waals surface area contributed by atoms with Crippen molar-refractivity contribution in [1.29, 1.82) is 0 Å². The number of guanidine groups is 1. The van der Waals surface area contributed by atoms with Crippen LogP contribution in [-0.4, -0.2) is 99.1 Å². The summed E-state index contributed by atoms with van der Waals surface area (Å²) in [6.07, 6.45) is 0.760. The molecule has 2 aliphatic rings. The molecule has 0 radical (unpaired) electrons. The van der Waals surface area contributed by atoms with Crippen molar-refractivity contribution in [2.45, 2.75) is 65.4 Å². The zero-order valence-electron chi connectivity index (χ0n) is 19.5. The number of rotatable bonds is 7. The Morgan fingerprint density at radius 3 is 2.38 bits per heavy atom. The molecule has 0 bridgehead atoms. The van der Waals surface area contributed by atoms with Crippen molar-refractivity contribution >= 4 is 29.9 Å². The third kappa shape index (κ3) is 9.25. The fourth-order valence-electron chi connectivity index (χ4n) is 4.10. The highest BCUT2D eigenvalue weighted by Crippen LogP contribution is 2.20. The van der Waals surface area contributed by atoms with Crippen molar-refractivity contribution in [3.05, 3.63) is 0 Å². The second-order valence-corrected chi connectivity index (χ2v) is 9.43. The molecular formula is C21H44IN5O2. The minimum absolute atomic E-state index is 0. The first-order valence-corrected chi connectivity index (χ1v) is 10.9. The smallest absolute Gasteiger partial charge is 0.191 e. The predicted molar refractivity (Wildman–Crippen MR) is 131 cm³/mol. The molecule has 2 aliphatic heterocycles. The van der Waals surface area contributed by atoms with Gasteiger partial charge in [-0.2, -0.15) is 0 Å². The van der Waals surface area contributed by atoms with Gasteiger partial charge in [0.25, 0.3) is 0 Å². The maximum absolute atomic E-state index is 5.94. The first-order chi connectivity index (χ1) is 13.2. The van der Waals surface area contributed by atoms with Gasteiger partial charge in [0.15, 0.2) is 5.96 Å². The van der Waals surface area contributed by atoms with Crippen molar-refractivity contribution < 1.29 is 9.47 Å². The zero-order chi connectivity index (χ0) is 20.7. The quantitative estimate of drug-likeness (QED) is 0.302. The number of nitrogens with one attached hydrogen (secondary N) is 2. The van der Waals surface area contributed by atoms with Crippen LogP contribution in [0.15, 0.2) is 4.99 Å². The average molecular weight is 526 g/mol. The third-order valence-electron chi connectivity index (χ3n) is 5.53. The molecule has 3 unspecified atom stereocenters. The van der Waals surface area contributed by atoms with E-state index in [9.17, 15) is 0 Å². The lowest BCUT2D eigenvalue weighted by Gasteiger charge is -2.45. The lowest BCUT2D eigenvalue weighted by molar-refractivity contribution is -0.0946. The normalized spacial score (nSPS) is 27.6. The van der Waals surface area contributed by atoms with Crippen molar-refractivity contribution in [1.82, 2.24) is 20.4 Å². The summed E-state index contributed by atoms with van der Waals surface area (Å²) in [4.78, 5) is 9.41. The first-order valence-electron chi connectivity index (χ1n) is 10.9. The molecule has 2 saturated heterocycles. The number of aliphatic imine (C=N–C) groups is 1. The second-order valence-electron chi connectivity index (χ2n) is 9.43. The van der Waals surface area contributed by atoms with Crippen LogP contribution in [0.2, 0.25) is 0 Å². The standard InChI is InChI=1S/C21H43N5O2.HI/c1-16(2)11-25-8-9-27-19(14-25)10-23-20(22-7)24-15-21(5,6)26-12-17(3)28-18(4)13-26;/h16-19H,8-15H2,1-7H3,(H2,22,23,24);1H. The van der Waals surface area contributed by atoms with E-state index in [2.05, 4.69) is 67.0 Å². The van der Waals surface area contributed by atoms with E-state index in [1.54, 1.807) is 0 Å². The minimum Gasteiger partial charge on any atom is -0.374 e. The van der Waals surface area contributed by atoms with Crippen LogP contribution in [0.5, 0.6) is 0 Å². The lowest BCUT2D eigenvalue weighted by Crippen LogP contribution is -2.59. The topological polar surface area (TPSA) is 61.4 Å². The van der Waals surface area contributed by atoms with E-state index in [-0.39, 0.29) is 47.8 Å². The van der Waals surface area contributed by atoms with Crippen LogP contribution in [0.1, 0.15) is 41.5 Å². The zero-order valence-corrected chi connectivity index (χ0v) is 21.9. The van der Waals surface area contributed by atoms with Gasteiger partial charge in [0.05, 0.1) is 24.9 Å². The molecule has 0 saturated carbocycles. The summed E-state index contributed by atoms with van der Waals surface area (Å²) in [5.74, 6) is 1.53. The largest absolute Gasteiger partial charge is 0.374 e. The lowest BCUT2D eigenvalue weighted by atomic mass is 10.00. The van der Waals surface area contributed by atoms with Gasteiger partial charge in [0, 0.05) is 58.4 Å². The van der Waals surface area contributed by atoms with Crippen molar-refractivity contribution in [2.24, 2.45) is 10.9 Å². The maximum Gasteiger partial charge on any atom is 0.191 e. The molecule has 2 fully saturated rings. The molecule has 2 rings (SSSR count). The van der Waals surface area contributed by atoms with Crippen LogP contribution in [0.3, 0.4) is 0 Å². The molecule has 0 aromatic heterocycles. The first kappa shape index (κ1) is 26.9. The van der Waals surface area contributed by atoms with Crippen LogP contribution in [0, 0.1) is 5.92 Å². The number of hydrogen-bond donors (Lipinski definition) is 2. The SMILES string of the molecule is CN=C(NCC1CN(CC(C)C)CCO1)NCC(C)(C)N1CC(C)OC(C)C1.I. The van der Waals surface area contributed by atoms with E-state index < -0.39 is 0 Å². The minimum atomic E-state index is 0. The van der Waals surface area contributed by atoms with E-state index >= 15 is 0 Å². The molecule has 7 nitrogen and oxygen atoms in total. The molecule has 8 heteroatoms. The van der Waals surface area contributed by atoms with Gasteiger partial charge in [-0.3, -0.25) is 14.8 Å². The van der Waals surface area contributed by atoms with E-state index in [1.807, 2.05) is 7.05 Å². The van der Waals surface area contributed by atoms with Gasteiger partial charge in [-0.25, -0.2) is 0 Å². The molecule has 0 amide bonds. The summed E-state index contributed by atoms with van der Waals surface area (Å²) in [5, 5.41) is 6.96. The summed E-state index contributed by atoms with van der Waals surface area (Å²) in [5.41, 5.74) is 0.0271.